The molecule has 2 aromatic rings. The Labute approximate surface area is 159 Å². The summed E-state index contributed by atoms with van der Waals surface area (Å²) >= 11 is 0. The van der Waals surface area contributed by atoms with E-state index in [0.717, 1.165) is 5.56 Å². The first kappa shape index (κ1) is 19.0. The maximum Gasteiger partial charge on any atom is 0.322 e. The molecule has 0 aromatic heterocycles. The molecule has 0 bridgehead atoms. The third kappa shape index (κ3) is 4.52. The molecule has 0 aliphatic carbocycles. The zero-order valence-electron chi connectivity index (χ0n) is 15.7. The zero-order chi connectivity index (χ0) is 19.2. The van der Waals surface area contributed by atoms with E-state index < -0.39 is 0 Å². The van der Waals surface area contributed by atoms with Gasteiger partial charge in [0.2, 0.25) is 0 Å². The molecule has 1 heterocycles. The molecule has 0 fully saturated rings. The quantitative estimate of drug-likeness (QED) is 0.816. The molecule has 2 aromatic carbocycles. The largest absolute Gasteiger partial charge is 0.486 e. The van der Waals surface area contributed by atoms with Gasteiger partial charge >= 0.3 is 6.03 Å². The second-order valence-corrected chi connectivity index (χ2v) is 6.87. The summed E-state index contributed by atoms with van der Waals surface area (Å²) in [5.74, 6) is 1.27. The van der Waals surface area contributed by atoms with Crippen molar-refractivity contribution < 1.29 is 19.4 Å². The van der Waals surface area contributed by atoms with Crippen molar-refractivity contribution in [2.24, 2.45) is 5.92 Å². The van der Waals surface area contributed by atoms with E-state index in [2.05, 4.69) is 5.32 Å². The van der Waals surface area contributed by atoms with Gasteiger partial charge in [0, 0.05) is 6.54 Å². The molecule has 144 valence electrons. The Kier molecular flexibility index (Phi) is 6.19. The van der Waals surface area contributed by atoms with Gasteiger partial charge in [-0.15, -0.1) is 0 Å². The molecule has 1 atom stereocenters. The van der Waals surface area contributed by atoms with E-state index in [4.69, 9.17) is 9.47 Å². The average Bonchev–Trinajstić information content (AvgIpc) is 2.68. The highest BCUT2D eigenvalue weighted by atomic mass is 16.6. The van der Waals surface area contributed by atoms with Gasteiger partial charge in [-0.3, -0.25) is 0 Å². The van der Waals surface area contributed by atoms with Crippen LogP contribution in [-0.4, -0.2) is 41.9 Å². The van der Waals surface area contributed by atoms with Crippen LogP contribution in [0.1, 0.15) is 19.4 Å². The van der Waals surface area contributed by atoms with Gasteiger partial charge in [-0.25, -0.2) is 4.79 Å². The molecule has 0 saturated carbocycles. The Balaban J connectivity index is 1.84. The number of rotatable bonds is 6. The number of nitrogens with one attached hydrogen (secondary N) is 1. The highest BCUT2D eigenvalue weighted by molar-refractivity contribution is 5.92. The van der Waals surface area contributed by atoms with Gasteiger partial charge in [-0.05, 0) is 23.6 Å². The number of carbonyl (C=O) groups is 1. The van der Waals surface area contributed by atoms with Crippen LogP contribution < -0.4 is 14.8 Å². The van der Waals surface area contributed by atoms with E-state index in [-0.39, 0.29) is 24.6 Å². The van der Waals surface area contributed by atoms with E-state index in [9.17, 15) is 9.90 Å². The molecule has 3 rings (SSSR count). The number of fused-ring (bicyclic) bond motifs is 1. The van der Waals surface area contributed by atoms with Crippen LogP contribution in [0.3, 0.4) is 0 Å². The van der Waals surface area contributed by atoms with Crippen molar-refractivity contribution in [2.75, 3.05) is 25.1 Å². The Morgan fingerprint density at radius 2 is 1.85 bits per heavy atom. The van der Waals surface area contributed by atoms with Crippen molar-refractivity contribution in [1.29, 1.82) is 0 Å². The van der Waals surface area contributed by atoms with Crippen LogP contribution in [0.4, 0.5) is 10.5 Å². The van der Waals surface area contributed by atoms with Crippen molar-refractivity contribution in [3.8, 4) is 11.5 Å². The third-order valence-corrected chi connectivity index (χ3v) is 4.62. The van der Waals surface area contributed by atoms with Crippen LogP contribution in [0, 0.1) is 5.92 Å². The molecule has 0 unspecified atom stereocenters. The summed E-state index contributed by atoms with van der Waals surface area (Å²) in [4.78, 5) is 14.8. The van der Waals surface area contributed by atoms with Crippen LogP contribution in [0.25, 0.3) is 0 Å². The first-order valence-corrected chi connectivity index (χ1v) is 9.21. The second-order valence-electron chi connectivity index (χ2n) is 6.87. The van der Waals surface area contributed by atoms with Crippen molar-refractivity contribution in [3.05, 3.63) is 54.1 Å². The number of nitrogens with zero attached hydrogens (tertiary/aromatic N) is 1. The van der Waals surface area contributed by atoms with Crippen molar-refractivity contribution in [1.82, 2.24) is 4.90 Å². The lowest BCUT2D eigenvalue weighted by Crippen LogP contribution is -2.47. The number of benzene rings is 2. The fourth-order valence-electron chi connectivity index (χ4n) is 3.15. The lowest BCUT2D eigenvalue weighted by Gasteiger charge is -2.33. The van der Waals surface area contributed by atoms with Crippen LogP contribution in [-0.2, 0) is 6.54 Å². The first-order chi connectivity index (χ1) is 13.1. The summed E-state index contributed by atoms with van der Waals surface area (Å²) in [7, 11) is 0. The minimum absolute atomic E-state index is 0.105. The second kappa shape index (κ2) is 8.77. The predicted octanol–water partition coefficient (Wildman–Crippen LogP) is 3.51. The normalized spacial score (nSPS) is 13.9. The standard InChI is InChI=1S/C21H26N2O4/c1-15(2)18(14-24)23(13-16-7-4-3-5-8-16)21(25)22-17-9-6-10-19-20(17)27-12-11-26-19/h3-10,15,18,24H,11-14H2,1-2H3,(H,22,25)/t18-/m1/s1. The number of aliphatic hydroxyl groups excluding tert-OH is 1. The molecular formula is C21H26N2O4. The van der Waals surface area contributed by atoms with Gasteiger partial charge in [0.25, 0.3) is 0 Å². The van der Waals surface area contributed by atoms with Crippen molar-refractivity contribution in [2.45, 2.75) is 26.4 Å². The number of urea groups is 1. The number of hydrogen-bond acceptors (Lipinski definition) is 4. The molecule has 2 N–H and O–H groups in total. The number of anilines is 1. The number of aliphatic hydroxyl groups is 1. The number of para-hydroxylation sites is 1. The van der Waals surface area contributed by atoms with Crippen molar-refractivity contribution >= 4 is 11.7 Å². The minimum atomic E-state index is -0.304. The van der Waals surface area contributed by atoms with E-state index in [1.165, 1.54) is 0 Å². The maximum absolute atomic E-state index is 13.1. The summed E-state index contributed by atoms with van der Waals surface area (Å²) in [6, 6.07) is 14.6. The Bertz CT molecular complexity index is 764. The molecule has 6 nitrogen and oxygen atoms in total. The van der Waals surface area contributed by atoms with Crippen LogP contribution >= 0.6 is 0 Å². The molecule has 0 saturated heterocycles. The lowest BCUT2D eigenvalue weighted by molar-refractivity contribution is 0.110. The SMILES string of the molecule is CC(C)[C@@H](CO)N(Cc1ccccc1)C(=O)Nc1cccc2c1OCCO2. The zero-order valence-corrected chi connectivity index (χ0v) is 15.7. The van der Waals surface area contributed by atoms with E-state index in [0.29, 0.717) is 36.9 Å². The Morgan fingerprint density at radius 3 is 2.56 bits per heavy atom. The summed E-state index contributed by atoms with van der Waals surface area (Å²) < 4.78 is 11.3. The van der Waals surface area contributed by atoms with Gasteiger partial charge < -0.3 is 24.8 Å². The van der Waals surface area contributed by atoms with Crippen LogP contribution in [0.2, 0.25) is 0 Å². The molecule has 2 amide bonds. The molecule has 1 aliphatic rings. The van der Waals surface area contributed by atoms with Gasteiger partial charge in [-0.2, -0.15) is 0 Å². The smallest absolute Gasteiger partial charge is 0.322 e. The molecule has 6 heteroatoms. The summed E-state index contributed by atoms with van der Waals surface area (Å²) in [6.07, 6.45) is 0. The van der Waals surface area contributed by atoms with Crippen LogP contribution in [0.15, 0.2) is 48.5 Å². The summed E-state index contributed by atoms with van der Waals surface area (Å²) in [6.45, 7) is 5.22. The van der Waals surface area contributed by atoms with E-state index in [1.807, 2.05) is 56.3 Å². The fraction of sp³-hybridized carbons (Fsp3) is 0.381. The monoisotopic (exact) mass is 370 g/mol. The molecule has 27 heavy (non-hydrogen) atoms. The third-order valence-electron chi connectivity index (χ3n) is 4.62. The highest BCUT2D eigenvalue weighted by Gasteiger charge is 2.27. The number of carbonyl (C=O) groups excluding carboxylic acids is 1. The Morgan fingerprint density at radius 1 is 1.11 bits per heavy atom. The van der Waals surface area contributed by atoms with Gasteiger partial charge in [0.1, 0.15) is 13.2 Å². The van der Waals surface area contributed by atoms with E-state index >= 15 is 0 Å². The summed E-state index contributed by atoms with van der Waals surface area (Å²) in [5.41, 5.74) is 1.57. The first-order valence-electron chi connectivity index (χ1n) is 9.21. The van der Waals surface area contributed by atoms with Crippen molar-refractivity contribution in [3.63, 3.8) is 0 Å². The fourth-order valence-corrected chi connectivity index (χ4v) is 3.15. The maximum atomic E-state index is 13.1. The number of ether oxygens (including phenoxy) is 2. The van der Waals surface area contributed by atoms with Gasteiger partial charge in [0.15, 0.2) is 11.5 Å². The average molecular weight is 370 g/mol. The lowest BCUT2D eigenvalue weighted by atomic mass is 10.0. The topological polar surface area (TPSA) is 71.0 Å². The van der Waals surface area contributed by atoms with Crippen LogP contribution in [0.5, 0.6) is 11.5 Å². The summed E-state index contributed by atoms with van der Waals surface area (Å²) in [5, 5.41) is 12.8. The van der Waals surface area contributed by atoms with Gasteiger partial charge in [0.05, 0.1) is 18.3 Å². The molecule has 0 spiro atoms. The highest BCUT2D eigenvalue weighted by Crippen LogP contribution is 2.37. The number of amides is 2. The number of hydrogen-bond donors (Lipinski definition) is 2. The minimum Gasteiger partial charge on any atom is -0.486 e. The molecule has 1 aliphatic heterocycles. The van der Waals surface area contributed by atoms with E-state index in [1.54, 1.807) is 11.0 Å². The Hall–Kier alpha value is -2.73. The molecular weight excluding hydrogens is 344 g/mol. The molecule has 0 radical (unpaired) electrons. The predicted molar refractivity (Wildman–Crippen MR) is 104 cm³/mol. The van der Waals surface area contributed by atoms with Gasteiger partial charge in [-0.1, -0.05) is 50.2 Å².